The number of benzene rings is 2. The van der Waals surface area contributed by atoms with E-state index in [0.29, 0.717) is 17.7 Å². The molecule has 0 atom stereocenters. The molecular weight excluding hydrogens is 516 g/mol. The molecule has 0 spiro atoms. The molecule has 0 saturated heterocycles. The number of halogens is 2. The number of amides is 3. The zero-order valence-corrected chi connectivity index (χ0v) is 19.5. The normalized spacial score (nSPS) is 10.8. The molecule has 0 fully saturated rings. The number of aromatic nitrogens is 1. The van der Waals surface area contributed by atoms with Crippen molar-refractivity contribution < 1.29 is 14.4 Å². The third kappa shape index (κ3) is 5.28. The third-order valence-corrected chi connectivity index (χ3v) is 5.21. The van der Waals surface area contributed by atoms with E-state index in [1.165, 1.54) is 4.68 Å². The minimum atomic E-state index is -0.853. The second-order valence-electron chi connectivity index (χ2n) is 7.07. The molecule has 1 heterocycles. The summed E-state index contributed by atoms with van der Waals surface area (Å²) in [5, 5.41) is 6.10. The minimum Gasteiger partial charge on any atom is -0.348 e. The van der Waals surface area contributed by atoms with Crippen molar-refractivity contribution in [1.29, 1.82) is 0 Å². The largest absolute Gasteiger partial charge is 0.348 e. The zero-order valence-electron chi connectivity index (χ0n) is 16.3. The van der Waals surface area contributed by atoms with Gasteiger partial charge in [-0.15, -0.1) is 0 Å². The second-order valence-corrected chi connectivity index (χ2v) is 8.91. The Labute approximate surface area is 190 Å². The van der Waals surface area contributed by atoms with Gasteiger partial charge >= 0.3 is 11.8 Å². The summed E-state index contributed by atoms with van der Waals surface area (Å²) >= 11 is 6.76. The Morgan fingerprint density at radius 3 is 2.27 bits per heavy atom. The maximum Gasteiger partial charge on any atom is 0.328 e. The van der Waals surface area contributed by atoms with Crippen molar-refractivity contribution in [3.8, 4) is 0 Å². The molecule has 0 aliphatic rings. The first-order valence-corrected chi connectivity index (χ1v) is 10.8. The van der Waals surface area contributed by atoms with E-state index < -0.39 is 17.7 Å². The van der Waals surface area contributed by atoms with E-state index in [1.807, 2.05) is 32.0 Å². The van der Waals surface area contributed by atoms with Crippen LogP contribution >= 0.6 is 31.9 Å². The number of carbonyl (C=O) groups excluding carboxylic acids is 3. The molecule has 1 aromatic heterocycles. The number of hydrogen-bond donors (Lipinski definition) is 3. The summed E-state index contributed by atoms with van der Waals surface area (Å²) in [4.78, 5) is 37.5. The van der Waals surface area contributed by atoms with E-state index in [4.69, 9.17) is 0 Å². The Balaban J connectivity index is 1.91. The summed E-state index contributed by atoms with van der Waals surface area (Å²) < 4.78 is 3.04. The number of rotatable bonds is 5. The van der Waals surface area contributed by atoms with Crippen LogP contribution in [-0.2, 0) is 9.59 Å². The highest BCUT2D eigenvalue weighted by Crippen LogP contribution is 2.24. The SMILES string of the molecule is CC(C)CNC(=O)C(=O)Nn1c(C(=O)Nc2ccc(Br)cc2)cc2cc(Br)ccc21. The Morgan fingerprint density at radius 2 is 1.60 bits per heavy atom. The van der Waals surface area contributed by atoms with E-state index in [9.17, 15) is 14.4 Å². The van der Waals surface area contributed by atoms with Crippen LogP contribution in [0.5, 0.6) is 0 Å². The lowest BCUT2D eigenvalue weighted by Crippen LogP contribution is -2.41. The molecule has 3 amide bonds. The Kier molecular flexibility index (Phi) is 6.94. The predicted octanol–water partition coefficient (Wildman–Crippen LogP) is 4.26. The standard InChI is InChI=1S/C21H20Br2N4O3/c1-12(2)11-24-20(29)21(30)26-27-17-8-5-15(23)9-13(17)10-18(27)19(28)25-16-6-3-14(22)4-7-16/h3-10,12H,11H2,1-2H3,(H,24,29)(H,25,28)(H,26,30). The average molecular weight is 536 g/mol. The maximum atomic E-state index is 12.9. The molecule has 30 heavy (non-hydrogen) atoms. The molecular formula is C21H20Br2N4O3. The lowest BCUT2D eigenvalue weighted by molar-refractivity contribution is -0.136. The van der Waals surface area contributed by atoms with Crippen LogP contribution in [0.4, 0.5) is 5.69 Å². The maximum absolute atomic E-state index is 12.9. The van der Waals surface area contributed by atoms with Crippen molar-refractivity contribution in [2.24, 2.45) is 5.92 Å². The van der Waals surface area contributed by atoms with Crippen LogP contribution in [0.15, 0.2) is 57.5 Å². The molecule has 0 bridgehead atoms. The molecule has 3 N–H and O–H groups in total. The van der Waals surface area contributed by atoms with Gasteiger partial charge in [-0.2, -0.15) is 0 Å². The molecule has 2 aromatic carbocycles. The third-order valence-electron chi connectivity index (χ3n) is 4.19. The van der Waals surface area contributed by atoms with Crippen LogP contribution in [0.1, 0.15) is 24.3 Å². The number of fused-ring (bicyclic) bond motifs is 1. The molecule has 0 aliphatic heterocycles. The second kappa shape index (κ2) is 9.44. The van der Waals surface area contributed by atoms with E-state index in [2.05, 4.69) is 47.9 Å². The summed E-state index contributed by atoms with van der Waals surface area (Å²) in [5.74, 6) is -1.83. The Bertz CT molecular complexity index is 1110. The van der Waals surface area contributed by atoms with Gasteiger partial charge in [0.1, 0.15) is 5.69 Å². The predicted molar refractivity (Wildman–Crippen MR) is 124 cm³/mol. The van der Waals surface area contributed by atoms with Gasteiger partial charge in [0.15, 0.2) is 0 Å². The van der Waals surface area contributed by atoms with Gasteiger partial charge in [0.2, 0.25) is 0 Å². The number of anilines is 1. The van der Waals surface area contributed by atoms with Crippen molar-refractivity contribution in [2.75, 3.05) is 17.3 Å². The van der Waals surface area contributed by atoms with Crippen LogP contribution in [-0.4, -0.2) is 28.9 Å². The van der Waals surface area contributed by atoms with Gasteiger partial charge in [-0.1, -0.05) is 45.7 Å². The van der Waals surface area contributed by atoms with Gasteiger partial charge in [-0.05, 0) is 54.4 Å². The van der Waals surface area contributed by atoms with E-state index in [0.717, 1.165) is 14.3 Å². The fraction of sp³-hybridized carbons (Fsp3) is 0.190. The molecule has 0 saturated carbocycles. The Hall–Kier alpha value is -2.65. The van der Waals surface area contributed by atoms with E-state index >= 15 is 0 Å². The summed E-state index contributed by atoms with van der Waals surface area (Å²) in [6.07, 6.45) is 0. The monoisotopic (exact) mass is 534 g/mol. The molecule has 0 unspecified atom stereocenters. The highest BCUT2D eigenvalue weighted by Gasteiger charge is 2.21. The highest BCUT2D eigenvalue weighted by molar-refractivity contribution is 9.10. The van der Waals surface area contributed by atoms with Crippen LogP contribution in [0.3, 0.4) is 0 Å². The quantitative estimate of drug-likeness (QED) is 0.426. The van der Waals surface area contributed by atoms with E-state index in [-0.39, 0.29) is 11.6 Å². The van der Waals surface area contributed by atoms with Crippen LogP contribution in [0, 0.1) is 5.92 Å². The molecule has 7 nitrogen and oxygen atoms in total. The van der Waals surface area contributed by atoms with Crippen LogP contribution < -0.4 is 16.1 Å². The first-order valence-electron chi connectivity index (χ1n) is 9.21. The van der Waals surface area contributed by atoms with Gasteiger partial charge in [0.25, 0.3) is 5.91 Å². The van der Waals surface area contributed by atoms with E-state index in [1.54, 1.807) is 30.3 Å². The van der Waals surface area contributed by atoms with Crippen molar-refractivity contribution >= 4 is 66.2 Å². The van der Waals surface area contributed by atoms with Crippen molar-refractivity contribution in [1.82, 2.24) is 9.99 Å². The summed E-state index contributed by atoms with van der Waals surface area (Å²) in [6, 6.07) is 14.1. The van der Waals surface area contributed by atoms with Gasteiger partial charge in [0, 0.05) is 26.6 Å². The van der Waals surface area contributed by atoms with Crippen molar-refractivity contribution in [2.45, 2.75) is 13.8 Å². The Morgan fingerprint density at radius 1 is 0.933 bits per heavy atom. The van der Waals surface area contributed by atoms with Gasteiger partial charge in [0.05, 0.1) is 5.52 Å². The lowest BCUT2D eigenvalue weighted by Gasteiger charge is -2.13. The minimum absolute atomic E-state index is 0.191. The summed E-state index contributed by atoms with van der Waals surface area (Å²) in [6.45, 7) is 4.24. The molecule has 0 aliphatic carbocycles. The topological polar surface area (TPSA) is 92.2 Å². The summed E-state index contributed by atoms with van der Waals surface area (Å²) in [7, 11) is 0. The van der Waals surface area contributed by atoms with Gasteiger partial charge in [-0.3, -0.25) is 19.8 Å². The first kappa shape index (κ1) is 22.0. The molecule has 0 radical (unpaired) electrons. The zero-order chi connectivity index (χ0) is 21.8. The number of carbonyl (C=O) groups is 3. The number of hydrogen-bond acceptors (Lipinski definition) is 3. The average Bonchev–Trinajstić information content (AvgIpc) is 3.05. The van der Waals surface area contributed by atoms with Crippen molar-refractivity contribution in [3.05, 3.63) is 63.2 Å². The van der Waals surface area contributed by atoms with Crippen LogP contribution in [0.2, 0.25) is 0 Å². The molecule has 3 rings (SSSR count). The summed E-state index contributed by atoms with van der Waals surface area (Å²) in [5.41, 5.74) is 3.91. The van der Waals surface area contributed by atoms with Gasteiger partial charge in [-0.25, -0.2) is 4.68 Å². The molecule has 156 valence electrons. The molecule has 9 heteroatoms. The van der Waals surface area contributed by atoms with Gasteiger partial charge < -0.3 is 10.6 Å². The highest BCUT2D eigenvalue weighted by atomic mass is 79.9. The van der Waals surface area contributed by atoms with Crippen molar-refractivity contribution in [3.63, 3.8) is 0 Å². The fourth-order valence-corrected chi connectivity index (χ4v) is 3.37. The van der Waals surface area contributed by atoms with Crippen LogP contribution in [0.25, 0.3) is 10.9 Å². The molecule has 3 aromatic rings. The lowest BCUT2D eigenvalue weighted by atomic mass is 10.2. The number of nitrogens with zero attached hydrogens (tertiary/aromatic N) is 1. The fourth-order valence-electron chi connectivity index (χ4n) is 2.73. The first-order chi connectivity index (χ1) is 14.2. The smallest absolute Gasteiger partial charge is 0.328 e. The number of nitrogens with one attached hydrogen (secondary N) is 3.